The number of aliphatic imine (C=N–C) groups is 1. The maximum atomic E-state index is 12.1. The standard InChI is InChI=1S/C20H34N4O/c1-7-21-20(22-11-10-19(25)24(8-2)9-3)23-14-18-16(5)12-15(4)13-17(18)6/h12-13H,7-11,14H2,1-6H3,(H2,21,22,23). The second-order valence-electron chi connectivity index (χ2n) is 6.32. The monoisotopic (exact) mass is 346 g/mol. The number of hydrogen-bond acceptors (Lipinski definition) is 2. The molecule has 0 spiro atoms. The van der Waals surface area contributed by atoms with E-state index in [9.17, 15) is 4.79 Å². The summed E-state index contributed by atoms with van der Waals surface area (Å²) < 4.78 is 0. The maximum Gasteiger partial charge on any atom is 0.224 e. The van der Waals surface area contributed by atoms with Crippen LogP contribution in [-0.4, -0.2) is 42.9 Å². The Bertz CT molecular complexity index is 568. The van der Waals surface area contributed by atoms with Gasteiger partial charge in [-0.1, -0.05) is 17.7 Å². The minimum Gasteiger partial charge on any atom is -0.357 e. The van der Waals surface area contributed by atoms with E-state index in [1.807, 2.05) is 25.7 Å². The van der Waals surface area contributed by atoms with Crippen molar-refractivity contribution in [2.75, 3.05) is 26.2 Å². The highest BCUT2D eigenvalue weighted by atomic mass is 16.2. The summed E-state index contributed by atoms with van der Waals surface area (Å²) in [7, 11) is 0. The summed E-state index contributed by atoms with van der Waals surface area (Å²) in [6.45, 7) is 16.0. The molecule has 5 nitrogen and oxygen atoms in total. The van der Waals surface area contributed by atoms with Crippen LogP contribution in [0.4, 0.5) is 0 Å². The number of hydrogen-bond donors (Lipinski definition) is 2. The lowest BCUT2D eigenvalue weighted by molar-refractivity contribution is -0.130. The molecule has 1 aromatic rings. The highest BCUT2D eigenvalue weighted by Crippen LogP contribution is 2.17. The first-order valence-electron chi connectivity index (χ1n) is 9.29. The summed E-state index contributed by atoms with van der Waals surface area (Å²) in [5.41, 5.74) is 5.09. The molecule has 1 aromatic carbocycles. The molecule has 0 fully saturated rings. The van der Waals surface area contributed by atoms with Crippen LogP contribution in [0.2, 0.25) is 0 Å². The van der Waals surface area contributed by atoms with E-state index in [4.69, 9.17) is 0 Å². The fraction of sp³-hybridized carbons (Fsp3) is 0.600. The van der Waals surface area contributed by atoms with Crippen molar-refractivity contribution in [1.29, 1.82) is 0 Å². The zero-order chi connectivity index (χ0) is 18.8. The zero-order valence-electron chi connectivity index (χ0n) is 16.7. The van der Waals surface area contributed by atoms with Gasteiger partial charge in [0.1, 0.15) is 0 Å². The summed E-state index contributed by atoms with van der Waals surface area (Å²) in [6.07, 6.45) is 0.481. The van der Waals surface area contributed by atoms with Gasteiger partial charge in [-0.25, -0.2) is 4.99 Å². The Labute approximate surface area is 152 Å². The molecular formula is C20H34N4O. The molecule has 140 valence electrons. The Kier molecular flexibility index (Phi) is 9.03. The van der Waals surface area contributed by atoms with E-state index >= 15 is 0 Å². The maximum absolute atomic E-state index is 12.1. The third-order valence-electron chi connectivity index (χ3n) is 4.33. The third kappa shape index (κ3) is 6.77. The van der Waals surface area contributed by atoms with E-state index in [0.717, 1.165) is 25.6 Å². The number of aryl methyl sites for hydroxylation is 3. The summed E-state index contributed by atoms with van der Waals surface area (Å²) in [5, 5.41) is 6.51. The molecular weight excluding hydrogens is 312 g/mol. The van der Waals surface area contributed by atoms with E-state index in [2.05, 4.69) is 48.5 Å². The number of nitrogens with one attached hydrogen (secondary N) is 2. The van der Waals surface area contributed by atoms with Crippen molar-refractivity contribution in [3.63, 3.8) is 0 Å². The molecule has 0 aromatic heterocycles. The van der Waals surface area contributed by atoms with Gasteiger partial charge in [-0.05, 0) is 58.2 Å². The summed E-state index contributed by atoms with van der Waals surface area (Å²) >= 11 is 0. The fourth-order valence-corrected chi connectivity index (χ4v) is 2.98. The van der Waals surface area contributed by atoms with Crippen molar-refractivity contribution in [2.45, 2.75) is 54.5 Å². The van der Waals surface area contributed by atoms with E-state index < -0.39 is 0 Å². The van der Waals surface area contributed by atoms with Crippen molar-refractivity contribution in [3.8, 4) is 0 Å². The Balaban J connectivity index is 2.67. The minimum absolute atomic E-state index is 0.179. The summed E-state index contributed by atoms with van der Waals surface area (Å²) in [6, 6.07) is 4.39. The van der Waals surface area contributed by atoms with Crippen molar-refractivity contribution < 1.29 is 4.79 Å². The first kappa shape index (κ1) is 21.0. The van der Waals surface area contributed by atoms with Gasteiger partial charge < -0.3 is 15.5 Å². The van der Waals surface area contributed by atoms with Gasteiger partial charge in [0, 0.05) is 32.6 Å². The first-order chi connectivity index (χ1) is 11.9. The Morgan fingerprint density at radius 3 is 2.16 bits per heavy atom. The zero-order valence-corrected chi connectivity index (χ0v) is 16.7. The van der Waals surface area contributed by atoms with E-state index in [-0.39, 0.29) is 5.91 Å². The fourth-order valence-electron chi connectivity index (χ4n) is 2.98. The molecule has 25 heavy (non-hydrogen) atoms. The van der Waals surface area contributed by atoms with Crippen LogP contribution in [0.5, 0.6) is 0 Å². The minimum atomic E-state index is 0.179. The number of carbonyl (C=O) groups excluding carboxylic acids is 1. The molecule has 0 saturated heterocycles. The lowest BCUT2D eigenvalue weighted by atomic mass is 10.00. The van der Waals surface area contributed by atoms with Crippen LogP contribution in [0.3, 0.4) is 0 Å². The molecule has 0 radical (unpaired) electrons. The van der Waals surface area contributed by atoms with Gasteiger partial charge in [0.05, 0.1) is 6.54 Å². The quantitative estimate of drug-likeness (QED) is 0.562. The lowest BCUT2D eigenvalue weighted by Gasteiger charge is -2.19. The highest BCUT2D eigenvalue weighted by Gasteiger charge is 2.09. The van der Waals surface area contributed by atoms with Crippen LogP contribution in [0.15, 0.2) is 17.1 Å². The molecule has 0 atom stereocenters. The average molecular weight is 347 g/mol. The third-order valence-corrected chi connectivity index (χ3v) is 4.33. The molecule has 0 unspecified atom stereocenters. The van der Waals surface area contributed by atoms with Gasteiger partial charge in [-0.15, -0.1) is 0 Å². The number of amides is 1. The molecule has 0 aliphatic carbocycles. The second kappa shape index (κ2) is 10.7. The van der Waals surface area contributed by atoms with Crippen LogP contribution in [-0.2, 0) is 11.3 Å². The topological polar surface area (TPSA) is 56.7 Å². The van der Waals surface area contributed by atoms with Gasteiger partial charge in [-0.2, -0.15) is 0 Å². The molecule has 2 N–H and O–H groups in total. The predicted molar refractivity (Wildman–Crippen MR) is 106 cm³/mol. The van der Waals surface area contributed by atoms with E-state index in [1.165, 1.54) is 22.3 Å². The van der Waals surface area contributed by atoms with Crippen molar-refractivity contribution in [2.24, 2.45) is 4.99 Å². The van der Waals surface area contributed by atoms with Crippen molar-refractivity contribution in [1.82, 2.24) is 15.5 Å². The van der Waals surface area contributed by atoms with Gasteiger partial charge in [0.25, 0.3) is 0 Å². The Morgan fingerprint density at radius 1 is 1.04 bits per heavy atom. The number of guanidine groups is 1. The van der Waals surface area contributed by atoms with Crippen molar-refractivity contribution >= 4 is 11.9 Å². The largest absolute Gasteiger partial charge is 0.357 e. The average Bonchev–Trinajstić information content (AvgIpc) is 2.54. The second-order valence-corrected chi connectivity index (χ2v) is 6.32. The molecule has 1 rings (SSSR count). The smallest absolute Gasteiger partial charge is 0.224 e. The molecule has 0 saturated carbocycles. The van der Waals surface area contributed by atoms with Crippen LogP contribution in [0.25, 0.3) is 0 Å². The number of rotatable bonds is 8. The van der Waals surface area contributed by atoms with E-state index in [0.29, 0.717) is 19.5 Å². The SMILES string of the molecule is CCNC(=NCc1c(C)cc(C)cc1C)NCCC(=O)N(CC)CC. The van der Waals surface area contributed by atoms with Crippen LogP contribution >= 0.6 is 0 Å². The molecule has 0 aliphatic rings. The molecule has 0 bridgehead atoms. The van der Waals surface area contributed by atoms with E-state index in [1.54, 1.807) is 0 Å². The predicted octanol–water partition coefficient (Wildman–Crippen LogP) is 2.93. The van der Waals surface area contributed by atoms with Crippen LogP contribution in [0, 0.1) is 20.8 Å². The molecule has 0 aliphatic heterocycles. The van der Waals surface area contributed by atoms with Gasteiger partial charge >= 0.3 is 0 Å². The summed E-state index contributed by atoms with van der Waals surface area (Å²) in [5.74, 6) is 0.938. The normalized spacial score (nSPS) is 11.4. The van der Waals surface area contributed by atoms with Gasteiger partial charge in [0.15, 0.2) is 5.96 Å². The van der Waals surface area contributed by atoms with Crippen LogP contribution in [0.1, 0.15) is 49.4 Å². The van der Waals surface area contributed by atoms with Crippen LogP contribution < -0.4 is 10.6 Å². The summed E-state index contributed by atoms with van der Waals surface area (Å²) in [4.78, 5) is 18.6. The Morgan fingerprint density at radius 2 is 1.64 bits per heavy atom. The Hall–Kier alpha value is -2.04. The van der Waals surface area contributed by atoms with Gasteiger partial charge in [0.2, 0.25) is 5.91 Å². The number of carbonyl (C=O) groups is 1. The van der Waals surface area contributed by atoms with Crippen molar-refractivity contribution in [3.05, 3.63) is 34.4 Å². The molecule has 5 heteroatoms. The first-order valence-corrected chi connectivity index (χ1v) is 9.29. The number of benzene rings is 1. The highest BCUT2D eigenvalue weighted by molar-refractivity contribution is 5.81. The number of nitrogens with zero attached hydrogens (tertiary/aromatic N) is 2. The molecule has 0 heterocycles. The lowest BCUT2D eigenvalue weighted by Crippen LogP contribution is -2.40. The van der Waals surface area contributed by atoms with Gasteiger partial charge in [-0.3, -0.25) is 4.79 Å². The molecule has 1 amide bonds.